The van der Waals surface area contributed by atoms with Crippen molar-refractivity contribution in [3.8, 4) is 5.75 Å². The Bertz CT molecular complexity index is 961. The highest BCUT2D eigenvalue weighted by molar-refractivity contribution is 6.00. The van der Waals surface area contributed by atoms with E-state index in [1.54, 1.807) is 18.3 Å². The molecule has 0 aliphatic rings. The maximum Gasteiger partial charge on any atom is 0.418 e. The number of carbonyl (C=O) groups is 1. The minimum atomic E-state index is -4.59. The van der Waals surface area contributed by atoms with Crippen LogP contribution in [0.15, 0.2) is 54.4 Å². The smallest absolute Gasteiger partial charge is 0.418 e. The van der Waals surface area contributed by atoms with Gasteiger partial charge in [0.2, 0.25) is 0 Å². The Hall–Kier alpha value is -3.40. The number of methoxy groups -OCH3 is 1. The summed E-state index contributed by atoms with van der Waals surface area (Å²) in [6.45, 7) is 4.19. The van der Waals surface area contributed by atoms with Crippen LogP contribution in [0.1, 0.15) is 32.3 Å². The number of allylic oxidation sites excluding steroid dienone is 1. The van der Waals surface area contributed by atoms with Crippen LogP contribution in [-0.2, 0) is 6.18 Å². The number of hydrazine groups is 1. The Kier molecular flexibility index (Phi) is 8.36. The summed E-state index contributed by atoms with van der Waals surface area (Å²) in [7, 11) is 1.43. The maximum absolute atomic E-state index is 13.1. The molecule has 7 nitrogen and oxygen atoms in total. The lowest BCUT2D eigenvalue weighted by Crippen LogP contribution is -2.26. The lowest BCUT2D eigenvalue weighted by atomic mass is 10.1. The van der Waals surface area contributed by atoms with E-state index in [-0.39, 0.29) is 5.69 Å². The van der Waals surface area contributed by atoms with Gasteiger partial charge in [0, 0.05) is 23.7 Å². The molecule has 0 saturated carbocycles. The van der Waals surface area contributed by atoms with Crippen LogP contribution < -0.4 is 32.0 Å². The molecule has 0 bridgehead atoms. The van der Waals surface area contributed by atoms with Crippen LogP contribution in [0.25, 0.3) is 0 Å². The third kappa shape index (κ3) is 7.09. The summed E-state index contributed by atoms with van der Waals surface area (Å²) in [5, 5.41) is 6.02. The van der Waals surface area contributed by atoms with Gasteiger partial charge in [-0.1, -0.05) is 26.0 Å². The summed E-state index contributed by atoms with van der Waals surface area (Å²) in [5.41, 5.74) is 6.13. The first-order chi connectivity index (χ1) is 15.0. The van der Waals surface area contributed by atoms with E-state index in [1.807, 2.05) is 0 Å². The molecular weight excluding hydrogens is 423 g/mol. The summed E-state index contributed by atoms with van der Waals surface area (Å²) in [5.74, 6) is 6.92. The zero-order valence-corrected chi connectivity index (χ0v) is 18.2. The number of nitrogens with zero attached hydrogens (tertiary/aromatic N) is 1. The Morgan fingerprint density at radius 1 is 1.19 bits per heavy atom. The predicted octanol–water partition coefficient (Wildman–Crippen LogP) is 5.27. The Morgan fingerprint density at radius 2 is 1.88 bits per heavy atom. The molecule has 0 fully saturated rings. The van der Waals surface area contributed by atoms with Gasteiger partial charge in [-0.15, -0.1) is 0 Å². The van der Waals surface area contributed by atoms with Gasteiger partial charge < -0.3 is 21.1 Å². The first-order valence-electron chi connectivity index (χ1n) is 9.93. The van der Waals surface area contributed by atoms with Crippen molar-refractivity contribution in [3.05, 3.63) is 59.9 Å². The molecule has 0 heterocycles. The molecule has 2 amide bonds. The number of para-hydroxylation sites is 1. The molecule has 0 unspecified atom stereocenters. The van der Waals surface area contributed by atoms with E-state index >= 15 is 0 Å². The molecule has 0 radical (unpaired) electrons. The number of alkyl halides is 3. The fourth-order valence-corrected chi connectivity index (χ4v) is 2.86. The first-order valence-corrected chi connectivity index (χ1v) is 9.93. The highest BCUT2D eigenvalue weighted by Gasteiger charge is 2.33. The van der Waals surface area contributed by atoms with Crippen molar-refractivity contribution in [2.24, 2.45) is 17.5 Å². The molecule has 6 N–H and O–H groups in total. The highest BCUT2D eigenvalue weighted by Crippen LogP contribution is 2.35. The number of hydrogen-bond donors (Lipinski definition) is 4. The molecule has 32 heavy (non-hydrogen) atoms. The molecule has 0 aliphatic carbocycles. The van der Waals surface area contributed by atoms with Crippen molar-refractivity contribution in [2.75, 3.05) is 22.8 Å². The molecule has 2 rings (SSSR count). The van der Waals surface area contributed by atoms with E-state index in [0.29, 0.717) is 35.2 Å². The fourth-order valence-electron chi connectivity index (χ4n) is 2.86. The van der Waals surface area contributed by atoms with Crippen LogP contribution >= 0.6 is 0 Å². The molecule has 174 valence electrons. The van der Waals surface area contributed by atoms with Gasteiger partial charge in [-0.3, -0.25) is 5.01 Å². The summed E-state index contributed by atoms with van der Waals surface area (Å²) < 4.78 is 44.7. The number of carbonyl (C=O) groups excluding carboxylic acids is 1. The molecule has 0 spiro atoms. The van der Waals surface area contributed by atoms with Gasteiger partial charge in [0.1, 0.15) is 5.75 Å². The fraction of sp³-hybridized carbons (Fsp3) is 0.318. The van der Waals surface area contributed by atoms with Crippen LogP contribution in [-0.4, -0.2) is 13.1 Å². The molecule has 10 heteroatoms. The number of amides is 2. The minimum Gasteiger partial charge on any atom is -0.494 e. The van der Waals surface area contributed by atoms with Gasteiger partial charge in [0.05, 0.1) is 24.0 Å². The Labute approximate surface area is 185 Å². The minimum absolute atomic E-state index is 0.303. The summed E-state index contributed by atoms with van der Waals surface area (Å²) in [6.07, 6.45) is -1.40. The van der Waals surface area contributed by atoms with Gasteiger partial charge >= 0.3 is 12.2 Å². The van der Waals surface area contributed by atoms with E-state index < -0.39 is 17.8 Å². The Morgan fingerprint density at radius 3 is 2.50 bits per heavy atom. The van der Waals surface area contributed by atoms with Gasteiger partial charge in [-0.25, -0.2) is 10.6 Å². The van der Waals surface area contributed by atoms with Crippen LogP contribution in [0.2, 0.25) is 0 Å². The van der Waals surface area contributed by atoms with Crippen molar-refractivity contribution in [3.63, 3.8) is 0 Å². The van der Waals surface area contributed by atoms with Crippen molar-refractivity contribution >= 4 is 23.1 Å². The molecule has 0 atom stereocenters. The van der Waals surface area contributed by atoms with Gasteiger partial charge in [-0.05, 0) is 43.0 Å². The van der Waals surface area contributed by atoms with Gasteiger partial charge in [-0.2, -0.15) is 13.2 Å². The number of nitrogens with two attached hydrogens (primary N) is 2. The van der Waals surface area contributed by atoms with Crippen LogP contribution in [0.3, 0.4) is 0 Å². The summed E-state index contributed by atoms with van der Waals surface area (Å²) in [4.78, 5) is 12.3. The number of benzene rings is 2. The second kappa shape index (κ2) is 10.8. The third-order valence-electron chi connectivity index (χ3n) is 4.51. The number of rotatable bonds is 8. The first kappa shape index (κ1) is 24.9. The van der Waals surface area contributed by atoms with Crippen molar-refractivity contribution in [2.45, 2.75) is 32.9 Å². The summed E-state index contributed by atoms with van der Waals surface area (Å²) in [6, 6.07) is 8.53. The second-order valence-corrected chi connectivity index (χ2v) is 7.55. The van der Waals surface area contributed by atoms with E-state index in [9.17, 15) is 18.0 Å². The second-order valence-electron chi connectivity index (χ2n) is 7.55. The molecule has 2 aromatic carbocycles. The van der Waals surface area contributed by atoms with Crippen molar-refractivity contribution < 1.29 is 22.7 Å². The number of hydrogen-bond acceptors (Lipinski definition) is 5. The standard InChI is InChI=1S/C22H28F3N5O2/c1-14(2)8-9-15(26)13-30(27)19-11-10-16(12-20(19)32-3)28-21(31)29-18-7-5-4-6-17(18)22(23,24)25/h4-7,10-14H,8-9,26-27H2,1-3H3,(H2,28,29,31)/b15-13-. The summed E-state index contributed by atoms with van der Waals surface area (Å²) >= 11 is 0. The number of ether oxygens (including phenoxy) is 1. The van der Waals surface area contributed by atoms with E-state index in [4.69, 9.17) is 16.3 Å². The molecule has 0 aromatic heterocycles. The topological polar surface area (TPSA) is 106 Å². The molecule has 0 saturated heterocycles. The molecule has 0 aliphatic heterocycles. The zero-order chi connectivity index (χ0) is 23.9. The maximum atomic E-state index is 13.1. The van der Waals surface area contributed by atoms with Crippen LogP contribution in [0.4, 0.5) is 35.0 Å². The molecule has 2 aromatic rings. The Balaban J connectivity index is 2.13. The normalized spacial score (nSPS) is 11.9. The van der Waals surface area contributed by atoms with Crippen LogP contribution in [0, 0.1) is 5.92 Å². The largest absolute Gasteiger partial charge is 0.494 e. The highest BCUT2D eigenvalue weighted by atomic mass is 19.4. The zero-order valence-electron chi connectivity index (χ0n) is 18.2. The number of anilines is 3. The van der Waals surface area contributed by atoms with Crippen LogP contribution in [0.5, 0.6) is 5.75 Å². The monoisotopic (exact) mass is 451 g/mol. The SMILES string of the molecule is COc1cc(NC(=O)Nc2ccccc2C(F)(F)F)ccc1N(N)/C=C(\N)CCC(C)C. The lowest BCUT2D eigenvalue weighted by Gasteiger charge is -2.19. The van der Waals surface area contributed by atoms with E-state index in [1.165, 1.54) is 36.4 Å². The lowest BCUT2D eigenvalue weighted by molar-refractivity contribution is -0.136. The average Bonchev–Trinajstić information content (AvgIpc) is 2.71. The number of urea groups is 1. The number of nitrogens with one attached hydrogen (secondary N) is 2. The number of halogens is 3. The quantitative estimate of drug-likeness (QED) is 0.323. The van der Waals surface area contributed by atoms with E-state index in [2.05, 4.69) is 24.5 Å². The van der Waals surface area contributed by atoms with Crippen molar-refractivity contribution in [1.82, 2.24) is 0 Å². The van der Waals surface area contributed by atoms with Gasteiger partial charge in [0.25, 0.3) is 0 Å². The van der Waals surface area contributed by atoms with Gasteiger partial charge in [0.15, 0.2) is 0 Å². The average molecular weight is 451 g/mol. The third-order valence-corrected chi connectivity index (χ3v) is 4.51. The van der Waals surface area contributed by atoms with E-state index in [0.717, 1.165) is 12.5 Å². The predicted molar refractivity (Wildman–Crippen MR) is 120 cm³/mol. The molecular formula is C22H28F3N5O2. The van der Waals surface area contributed by atoms with Crippen molar-refractivity contribution in [1.29, 1.82) is 0 Å².